The quantitative estimate of drug-likeness (QED) is 0.111. The fraction of sp³-hybridized carbons (Fsp3) is 0.500. The predicted octanol–water partition coefficient (Wildman–Crippen LogP) is 6.19. The van der Waals surface area contributed by atoms with Crippen LogP contribution in [0.3, 0.4) is 0 Å². The van der Waals surface area contributed by atoms with Gasteiger partial charge in [0.1, 0.15) is 17.2 Å². The Balaban J connectivity index is 0.732. The maximum Gasteiger partial charge on any atom is 0.277 e. The summed E-state index contributed by atoms with van der Waals surface area (Å²) in [4.78, 5) is 71.1. The number of nitrogens with one attached hydrogen (secondary N) is 3. The van der Waals surface area contributed by atoms with Gasteiger partial charge in [-0.1, -0.05) is 22.0 Å². The van der Waals surface area contributed by atoms with Crippen LogP contribution in [0.1, 0.15) is 79.6 Å². The van der Waals surface area contributed by atoms with E-state index in [4.69, 9.17) is 4.84 Å². The monoisotopic (exact) mass is 903 g/mol. The number of benzene rings is 2. The molecule has 0 aliphatic carbocycles. The van der Waals surface area contributed by atoms with Crippen LogP contribution in [-0.4, -0.2) is 100 Å². The zero-order valence-corrected chi connectivity index (χ0v) is 35.9. The molecular weight excluding hydrogens is 852 g/mol. The Morgan fingerprint density at radius 2 is 1.62 bits per heavy atom. The number of amides is 4. The maximum atomic E-state index is 15.7. The Morgan fingerprint density at radius 1 is 0.902 bits per heavy atom. The lowest BCUT2D eigenvalue weighted by Gasteiger charge is -2.39. The Kier molecular flexibility index (Phi) is 13.3. The number of rotatable bonds is 12. The summed E-state index contributed by atoms with van der Waals surface area (Å²) in [6.45, 7) is 6.20. The summed E-state index contributed by atoms with van der Waals surface area (Å²) >= 11 is 3.21. The molecule has 4 fully saturated rings. The van der Waals surface area contributed by atoms with Crippen molar-refractivity contribution in [1.29, 1.82) is 0 Å². The molecule has 4 aromatic rings. The van der Waals surface area contributed by atoms with Crippen molar-refractivity contribution in [2.75, 3.05) is 62.6 Å². The molecule has 6 heterocycles. The van der Waals surface area contributed by atoms with Gasteiger partial charge in [-0.05, 0) is 118 Å². The van der Waals surface area contributed by atoms with Crippen LogP contribution in [-0.2, 0) is 26.3 Å². The summed E-state index contributed by atoms with van der Waals surface area (Å²) in [5.41, 5.74) is 3.08. The van der Waals surface area contributed by atoms with Crippen molar-refractivity contribution in [3.8, 4) is 0 Å². The number of halogens is 3. The fourth-order valence-electron chi connectivity index (χ4n) is 9.37. The molecule has 1 unspecified atom stereocenters. The molecule has 3 N–H and O–H groups in total. The molecule has 61 heavy (non-hydrogen) atoms. The van der Waals surface area contributed by atoms with E-state index < -0.39 is 17.5 Å². The minimum absolute atomic E-state index is 0.0153. The average Bonchev–Trinajstić information content (AvgIpc) is 3.64. The molecule has 324 valence electrons. The zero-order chi connectivity index (χ0) is 42.6. The van der Waals surface area contributed by atoms with Crippen molar-refractivity contribution in [1.82, 2.24) is 35.1 Å². The molecule has 4 aliphatic rings. The van der Waals surface area contributed by atoms with Gasteiger partial charge < -0.3 is 24.6 Å². The fourth-order valence-corrected chi connectivity index (χ4v) is 9.70. The Labute approximate surface area is 361 Å². The van der Waals surface area contributed by atoms with Gasteiger partial charge >= 0.3 is 0 Å². The van der Waals surface area contributed by atoms with E-state index in [-0.39, 0.29) is 52.7 Å². The third-order valence-electron chi connectivity index (χ3n) is 13.0. The Morgan fingerprint density at radius 3 is 2.31 bits per heavy atom. The van der Waals surface area contributed by atoms with Gasteiger partial charge in [0.05, 0.1) is 34.7 Å². The summed E-state index contributed by atoms with van der Waals surface area (Å²) in [6.07, 6.45) is 11.8. The molecule has 4 aliphatic heterocycles. The van der Waals surface area contributed by atoms with E-state index >= 15 is 4.39 Å². The first-order chi connectivity index (χ1) is 29.5. The summed E-state index contributed by atoms with van der Waals surface area (Å²) in [5.74, 6) is -0.400. The molecule has 1 atom stereocenters. The SMILES string of the molecule is Cn1cnc2c(F)c(Nc3ccc(Br)cc3F)c(C(=O)NOCC(=O)N3CCC(CC4CCN(CC5CCN(c6ccc(C7CCC(=O)NC7=O)cn6)CC5)CC4)CC3)cc21. The number of carbonyl (C=O) groups excluding carboxylic acids is 4. The van der Waals surface area contributed by atoms with Gasteiger partial charge in [0.15, 0.2) is 12.4 Å². The molecule has 0 spiro atoms. The highest BCUT2D eigenvalue weighted by Gasteiger charge is 2.31. The van der Waals surface area contributed by atoms with Crippen LogP contribution in [0.2, 0.25) is 0 Å². The predicted molar refractivity (Wildman–Crippen MR) is 229 cm³/mol. The molecule has 2 aromatic heterocycles. The smallest absolute Gasteiger partial charge is 0.277 e. The standard InChI is InChI=1S/C44H52BrF2N9O5/c1-53-26-49-42-36(53)22-33(41(40(42)47)50-35-5-3-31(45)21-34(35)46)44(60)52-61-25-39(58)56-18-10-28(11-19-56)20-27-8-14-54(15-9-27)24-29-12-16-55(17-13-29)37-6-2-30(23-48-37)32-4-7-38(57)51-43(32)59/h2-3,5-6,21-23,26-29,32,50H,4,7-20,24-25H2,1H3,(H,52,60)(H,51,57,59). The molecular formula is C44H52BrF2N9O5. The van der Waals surface area contributed by atoms with E-state index in [1.165, 1.54) is 43.8 Å². The van der Waals surface area contributed by atoms with Crippen molar-refractivity contribution in [2.45, 2.75) is 63.7 Å². The lowest BCUT2D eigenvalue weighted by atomic mass is 9.82. The number of hydroxylamine groups is 1. The van der Waals surface area contributed by atoms with Crippen LogP contribution in [0, 0.1) is 29.4 Å². The minimum Gasteiger partial charge on any atom is -0.357 e. The second-order valence-electron chi connectivity index (χ2n) is 17.0. The normalized spacial score (nSPS) is 20.0. The number of anilines is 3. The van der Waals surface area contributed by atoms with Crippen molar-refractivity contribution in [2.24, 2.45) is 24.8 Å². The Bertz CT molecular complexity index is 2250. The van der Waals surface area contributed by atoms with Crippen molar-refractivity contribution < 1.29 is 32.8 Å². The second-order valence-corrected chi connectivity index (χ2v) is 17.9. The van der Waals surface area contributed by atoms with Crippen LogP contribution < -0.4 is 21.0 Å². The molecule has 0 saturated carbocycles. The van der Waals surface area contributed by atoms with E-state index in [9.17, 15) is 23.6 Å². The first kappa shape index (κ1) is 42.7. The van der Waals surface area contributed by atoms with E-state index in [1.807, 2.05) is 12.1 Å². The minimum atomic E-state index is -0.823. The van der Waals surface area contributed by atoms with Crippen molar-refractivity contribution in [3.63, 3.8) is 0 Å². The molecule has 8 rings (SSSR count). The first-order valence-electron chi connectivity index (χ1n) is 21.3. The van der Waals surface area contributed by atoms with Gasteiger partial charge in [-0.15, -0.1) is 0 Å². The third-order valence-corrected chi connectivity index (χ3v) is 13.5. The topological polar surface area (TPSA) is 154 Å². The van der Waals surface area contributed by atoms with Gasteiger partial charge in [-0.3, -0.25) is 29.3 Å². The van der Waals surface area contributed by atoms with Crippen molar-refractivity contribution >= 4 is 67.8 Å². The number of likely N-dealkylation sites (tertiary alicyclic amines) is 2. The second kappa shape index (κ2) is 18.9. The summed E-state index contributed by atoms with van der Waals surface area (Å²) in [6, 6.07) is 9.67. The lowest BCUT2D eigenvalue weighted by Crippen LogP contribution is -2.43. The number of aryl methyl sites for hydroxylation is 1. The Hall–Kier alpha value is -5.00. The molecule has 0 bridgehead atoms. The lowest BCUT2D eigenvalue weighted by molar-refractivity contribution is -0.139. The van der Waals surface area contributed by atoms with Crippen molar-refractivity contribution in [3.05, 3.63) is 76.2 Å². The zero-order valence-electron chi connectivity index (χ0n) is 34.3. The number of imide groups is 1. The van der Waals surface area contributed by atoms with E-state index in [1.54, 1.807) is 28.8 Å². The van der Waals surface area contributed by atoms with Crippen LogP contribution in [0.25, 0.3) is 11.0 Å². The summed E-state index contributed by atoms with van der Waals surface area (Å²) in [7, 11) is 1.67. The van der Waals surface area contributed by atoms with Crippen LogP contribution in [0.4, 0.5) is 26.0 Å². The first-order valence-corrected chi connectivity index (χ1v) is 22.1. The number of hydrogen-bond donors (Lipinski definition) is 3. The molecule has 2 aromatic carbocycles. The third kappa shape index (κ3) is 10.0. The maximum absolute atomic E-state index is 15.7. The number of carbonyl (C=O) groups is 4. The van der Waals surface area contributed by atoms with Gasteiger partial charge in [-0.25, -0.2) is 24.2 Å². The largest absolute Gasteiger partial charge is 0.357 e. The highest BCUT2D eigenvalue weighted by molar-refractivity contribution is 9.10. The summed E-state index contributed by atoms with van der Waals surface area (Å²) < 4.78 is 32.5. The van der Waals surface area contributed by atoms with Gasteiger partial charge in [-0.2, -0.15) is 0 Å². The highest BCUT2D eigenvalue weighted by atomic mass is 79.9. The number of piperidine rings is 4. The van der Waals surface area contributed by atoms with E-state index in [0.717, 1.165) is 69.8 Å². The van der Waals surface area contributed by atoms with E-state index in [2.05, 4.69) is 51.8 Å². The highest BCUT2D eigenvalue weighted by Crippen LogP contribution is 2.34. The number of aromatic nitrogens is 3. The number of imidazole rings is 1. The molecule has 4 amide bonds. The van der Waals surface area contributed by atoms with Gasteiger partial charge in [0.2, 0.25) is 11.8 Å². The van der Waals surface area contributed by atoms with Crippen LogP contribution in [0.5, 0.6) is 0 Å². The number of hydrogen-bond acceptors (Lipinski definition) is 10. The molecule has 17 heteroatoms. The van der Waals surface area contributed by atoms with Crippen LogP contribution in [0.15, 0.2) is 53.4 Å². The van der Waals surface area contributed by atoms with E-state index in [0.29, 0.717) is 53.7 Å². The average molecular weight is 905 g/mol. The number of pyridine rings is 1. The summed E-state index contributed by atoms with van der Waals surface area (Å²) in [5, 5.41) is 5.14. The number of fused-ring (bicyclic) bond motifs is 1. The molecule has 14 nitrogen and oxygen atoms in total. The van der Waals surface area contributed by atoms with Gasteiger partial charge in [0, 0.05) is 56.9 Å². The molecule has 0 radical (unpaired) electrons. The number of nitrogens with zero attached hydrogens (tertiary/aromatic N) is 6. The van der Waals surface area contributed by atoms with Crippen LogP contribution >= 0.6 is 15.9 Å². The molecule has 4 saturated heterocycles. The van der Waals surface area contributed by atoms with Gasteiger partial charge in [0.25, 0.3) is 11.8 Å².